The van der Waals surface area contributed by atoms with E-state index in [0.29, 0.717) is 48.7 Å². The summed E-state index contributed by atoms with van der Waals surface area (Å²) in [6.07, 6.45) is 7.86. The van der Waals surface area contributed by atoms with Gasteiger partial charge in [0.05, 0.1) is 6.04 Å². The van der Waals surface area contributed by atoms with Crippen LogP contribution in [0.15, 0.2) is 39.8 Å². The van der Waals surface area contributed by atoms with Crippen molar-refractivity contribution in [3.8, 4) is 0 Å². The molecule has 0 bridgehead atoms. The summed E-state index contributed by atoms with van der Waals surface area (Å²) in [6, 6.07) is 2.17. The van der Waals surface area contributed by atoms with Crippen LogP contribution < -0.4 is 5.32 Å². The Hall–Kier alpha value is -2.24. The zero-order valence-electron chi connectivity index (χ0n) is 21.5. The molecule has 11 heteroatoms. The van der Waals surface area contributed by atoms with Gasteiger partial charge in [0.1, 0.15) is 34.7 Å². The van der Waals surface area contributed by atoms with Crippen LogP contribution in [-0.2, 0) is 16.2 Å². The molecule has 2 aromatic rings. The molecule has 0 aliphatic carbocycles. The first-order valence-corrected chi connectivity index (χ1v) is 16.2. The molecule has 0 aromatic carbocycles. The van der Waals surface area contributed by atoms with E-state index in [2.05, 4.69) is 51.0 Å². The van der Waals surface area contributed by atoms with E-state index in [1.54, 1.807) is 6.07 Å². The Kier molecular flexibility index (Phi) is 10.9. The lowest BCUT2D eigenvalue weighted by Gasteiger charge is -2.23. The summed E-state index contributed by atoms with van der Waals surface area (Å²) in [6.45, 7) is 13.4. The molecule has 194 valence electrons. The second-order valence-electron chi connectivity index (χ2n) is 10.5. The minimum absolute atomic E-state index is 0.0817. The van der Waals surface area contributed by atoms with Gasteiger partial charge in [0.15, 0.2) is 5.78 Å². The van der Waals surface area contributed by atoms with E-state index in [-0.39, 0.29) is 5.78 Å². The normalized spacial score (nSPS) is 13.2. The fourth-order valence-corrected chi connectivity index (χ4v) is 4.23. The van der Waals surface area contributed by atoms with Gasteiger partial charge in [-0.25, -0.2) is 9.78 Å². The summed E-state index contributed by atoms with van der Waals surface area (Å²) in [5.41, 5.74) is -0.300. The number of allylic oxidation sites excluding steroid dienone is 1. The number of alkyl carbamates (subject to hydrolysis) is 1. The monoisotopic (exact) mass is 568 g/mol. The zero-order valence-corrected chi connectivity index (χ0v) is 24.1. The van der Waals surface area contributed by atoms with Crippen LogP contribution in [0, 0.1) is 0 Å². The smallest absolute Gasteiger partial charge is 0.408 e. The van der Waals surface area contributed by atoms with Gasteiger partial charge in [-0.05, 0) is 55.6 Å². The van der Waals surface area contributed by atoms with E-state index in [4.69, 9.17) is 14.0 Å². The van der Waals surface area contributed by atoms with E-state index < -0.39 is 25.8 Å². The lowest BCUT2D eigenvalue weighted by molar-refractivity contribution is 0.0492. The molecule has 2 heterocycles. The van der Waals surface area contributed by atoms with Gasteiger partial charge in [-0.15, -0.1) is 0 Å². The van der Waals surface area contributed by atoms with Crippen molar-refractivity contribution in [2.45, 2.75) is 84.1 Å². The molecular weight excluding hydrogens is 532 g/mol. The molecule has 1 atom stereocenters. The zero-order chi connectivity index (χ0) is 26.1. The van der Waals surface area contributed by atoms with Gasteiger partial charge in [0.25, 0.3) is 0 Å². The van der Waals surface area contributed by atoms with Crippen molar-refractivity contribution < 1.29 is 23.6 Å². The van der Waals surface area contributed by atoms with Crippen molar-refractivity contribution in [2.75, 3.05) is 6.61 Å². The van der Waals surface area contributed by atoms with Gasteiger partial charge < -0.3 is 23.9 Å². The maximum atomic E-state index is 12.5. The molecule has 0 fully saturated rings. The fourth-order valence-electron chi connectivity index (χ4n) is 3.05. The van der Waals surface area contributed by atoms with Crippen molar-refractivity contribution >= 4 is 35.9 Å². The lowest BCUT2D eigenvalue weighted by Crippen LogP contribution is -2.36. The van der Waals surface area contributed by atoms with Crippen molar-refractivity contribution in [1.82, 2.24) is 20.0 Å². The van der Waals surface area contributed by atoms with Crippen LogP contribution in [0.5, 0.6) is 0 Å². The number of ketones is 1. The van der Waals surface area contributed by atoms with Gasteiger partial charge in [-0.2, -0.15) is 0 Å². The number of hydrogen-bond donors (Lipinski definition) is 1. The highest BCUT2D eigenvalue weighted by Gasteiger charge is 2.24. The Balaban J connectivity index is 2.06. The van der Waals surface area contributed by atoms with E-state index in [1.165, 1.54) is 6.26 Å². The summed E-state index contributed by atoms with van der Waals surface area (Å²) < 4.78 is 18.6. The average molecular weight is 570 g/mol. The number of hydrogen-bond acceptors (Lipinski definition) is 7. The first-order valence-electron chi connectivity index (χ1n) is 11.7. The summed E-state index contributed by atoms with van der Waals surface area (Å²) in [4.78, 5) is 29.2. The number of imidazole rings is 1. The van der Waals surface area contributed by atoms with E-state index in [1.807, 2.05) is 43.7 Å². The Bertz CT molecular complexity index is 977. The molecular formula is C24H37BrN4O5Si. The van der Waals surface area contributed by atoms with Crippen LogP contribution in [0.25, 0.3) is 0 Å². The molecule has 2 aromatic heterocycles. The third kappa shape index (κ3) is 11.4. The number of ether oxygens (including phenoxy) is 2. The highest BCUT2D eigenvalue weighted by molar-refractivity contribution is 9.10. The van der Waals surface area contributed by atoms with E-state index in [0.717, 1.165) is 6.04 Å². The molecule has 35 heavy (non-hydrogen) atoms. The second kappa shape index (κ2) is 13.2. The highest BCUT2D eigenvalue weighted by atomic mass is 79.9. The highest BCUT2D eigenvalue weighted by Crippen LogP contribution is 2.22. The predicted octanol–water partition coefficient (Wildman–Crippen LogP) is 6.12. The number of nitrogens with one attached hydrogen (secondary N) is 1. The molecule has 2 rings (SSSR count). The molecule has 1 amide bonds. The third-order valence-corrected chi connectivity index (χ3v) is 6.89. The van der Waals surface area contributed by atoms with Gasteiger partial charge in [-0.1, -0.05) is 36.9 Å². The second-order valence-corrected chi connectivity index (χ2v) is 16.9. The van der Waals surface area contributed by atoms with Crippen molar-refractivity contribution in [1.29, 1.82) is 0 Å². The SMILES string of the molecule is CC(C)(C)OC(=O)N[C@@H](C/C=C\CCC(=O)c1ccon1)c1nc(Br)cn1COCC[Si](C)(C)C. The predicted molar refractivity (Wildman–Crippen MR) is 140 cm³/mol. The lowest BCUT2D eigenvalue weighted by atomic mass is 10.1. The maximum Gasteiger partial charge on any atom is 0.408 e. The molecule has 0 spiro atoms. The Morgan fingerprint density at radius 3 is 2.66 bits per heavy atom. The van der Waals surface area contributed by atoms with Crippen molar-refractivity contribution in [3.05, 3.63) is 46.8 Å². The standard InChI is InChI=1S/C24H37BrN4O5Si/c1-24(2,3)34-23(31)26-19(10-8-7-9-11-20(30)18-12-13-33-28-18)22-27-21(25)16-29(22)17-32-14-15-35(4,5)6/h7-8,12-13,16,19H,9-11,14-15,17H2,1-6H3,(H,26,31)/b8-7-/t19-/m0/s1. The van der Waals surface area contributed by atoms with Crippen LogP contribution >= 0.6 is 15.9 Å². The first-order chi connectivity index (χ1) is 16.3. The quantitative estimate of drug-likeness (QED) is 0.134. The summed E-state index contributed by atoms with van der Waals surface area (Å²) in [5, 5.41) is 6.59. The Labute approximate surface area is 216 Å². The van der Waals surface area contributed by atoms with Crippen LogP contribution in [-0.4, -0.2) is 46.9 Å². The van der Waals surface area contributed by atoms with Gasteiger partial charge in [0.2, 0.25) is 0 Å². The number of Topliss-reactive ketones (excluding diaryl/α,β-unsaturated/α-hetero) is 1. The molecule has 9 nitrogen and oxygen atoms in total. The Morgan fingerprint density at radius 2 is 2.03 bits per heavy atom. The van der Waals surface area contributed by atoms with Crippen LogP contribution in [0.3, 0.4) is 0 Å². The summed E-state index contributed by atoms with van der Waals surface area (Å²) in [5.74, 6) is 0.570. The number of amides is 1. The van der Waals surface area contributed by atoms with Gasteiger partial charge in [-0.3, -0.25) is 4.79 Å². The fraction of sp³-hybridized carbons (Fsp3) is 0.583. The van der Waals surface area contributed by atoms with Crippen molar-refractivity contribution in [2.24, 2.45) is 0 Å². The molecule has 1 N–H and O–H groups in total. The molecule has 0 saturated carbocycles. The topological polar surface area (TPSA) is 108 Å². The number of carbonyl (C=O) groups excluding carboxylic acids is 2. The average Bonchev–Trinajstić information content (AvgIpc) is 3.38. The summed E-state index contributed by atoms with van der Waals surface area (Å²) in [7, 11) is -1.20. The van der Waals surface area contributed by atoms with Gasteiger partial charge in [0, 0.05) is 33.4 Å². The van der Waals surface area contributed by atoms with Crippen LogP contribution in [0.1, 0.15) is 62.4 Å². The third-order valence-electron chi connectivity index (χ3n) is 4.81. The van der Waals surface area contributed by atoms with Crippen molar-refractivity contribution in [3.63, 3.8) is 0 Å². The molecule has 0 radical (unpaired) electrons. The number of aromatic nitrogens is 3. The maximum absolute atomic E-state index is 12.5. The molecule has 0 aliphatic heterocycles. The number of rotatable bonds is 13. The van der Waals surface area contributed by atoms with E-state index in [9.17, 15) is 9.59 Å². The molecule has 0 unspecified atom stereocenters. The van der Waals surface area contributed by atoms with Gasteiger partial charge >= 0.3 is 6.09 Å². The van der Waals surface area contributed by atoms with E-state index >= 15 is 0 Å². The number of nitrogens with zero attached hydrogens (tertiary/aromatic N) is 3. The minimum Gasteiger partial charge on any atom is -0.444 e. The number of halogens is 1. The minimum atomic E-state index is -1.20. The molecule has 0 aliphatic rings. The van der Waals surface area contributed by atoms with Crippen LogP contribution in [0.2, 0.25) is 25.7 Å². The largest absolute Gasteiger partial charge is 0.444 e. The number of carbonyl (C=O) groups is 2. The first kappa shape index (κ1) is 29.0. The Morgan fingerprint density at radius 1 is 1.29 bits per heavy atom. The van der Waals surface area contributed by atoms with Crippen LogP contribution in [0.4, 0.5) is 4.79 Å². The summed E-state index contributed by atoms with van der Waals surface area (Å²) >= 11 is 3.44. The molecule has 0 saturated heterocycles.